The van der Waals surface area contributed by atoms with Gasteiger partial charge in [0.15, 0.2) is 0 Å². The Hall–Kier alpha value is -3.04. The molecule has 3 aromatic carbocycles. The molecule has 0 aromatic heterocycles. The zero-order valence-electron chi connectivity index (χ0n) is 19.2. The van der Waals surface area contributed by atoms with Crippen LogP contribution in [0.25, 0.3) is 0 Å². The maximum atomic E-state index is 13.3. The van der Waals surface area contributed by atoms with E-state index in [0.29, 0.717) is 36.7 Å². The van der Waals surface area contributed by atoms with Crippen molar-refractivity contribution in [2.75, 3.05) is 22.2 Å². The second-order valence-electron chi connectivity index (χ2n) is 8.22. The van der Waals surface area contributed by atoms with E-state index in [1.807, 2.05) is 6.92 Å². The average molecular weight is 501 g/mol. The molecule has 180 valence electrons. The summed E-state index contributed by atoms with van der Waals surface area (Å²) in [6.07, 6.45) is 2.27. The molecule has 0 radical (unpaired) electrons. The van der Waals surface area contributed by atoms with Gasteiger partial charge in [0.1, 0.15) is 5.75 Å². The van der Waals surface area contributed by atoms with Crippen LogP contribution in [-0.2, 0) is 26.5 Å². The molecule has 0 fully saturated rings. The van der Waals surface area contributed by atoms with Gasteiger partial charge in [-0.05, 0) is 79.8 Å². The molecule has 7 nitrogen and oxygen atoms in total. The van der Waals surface area contributed by atoms with Crippen molar-refractivity contribution in [3.63, 3.8) is 0 Å². The third-order valence-corrected chi connectivity index (χ3v) is 8.87. The first-order chi connectivity index (χ1) is 16.2. The van der Waals surface area contributed by atoms with Gasteiger partial charge in [-0.25, -0.2) is 16.8 Å². The van der Waals surface area contributed by atoms with Gasteiger partial charge in [0.05, 0.1) is 27.8 Å². The normalized spacial score (nSPS) is 13.9. The summed E-state index contributed by atoms with van der Waals surface area (Å²) in [6.45, 7) is 4.69. The number of rotatable bonds is 8. The Labute approximate surface area is 201 Å². The zero-order valence-corrected chi connectivity index (χ0v) is 20.8. The third kappa shape index (κ3) is 4.90. The average Bonchev–Trinajstić information content (AvgIpc) is 2.83. The molecule has 0 bridgehead atoms. The lowest BCUT2D eigenvalue weighted by Gasteiger charge is -2.31. The second kappa shape index (κ2) is 9.68. The fourth-order valence-corrected chi connectivity index (χ4v) is 6.64. The van der Waals surface area contributed by atoms with Crippen molar-refractivity contribution in [2.24, 2.45) is 0 Å². The van der Waals surface area contributed by atoms with Gasteiger partial charge in [0.2, 0.25) is 0 Å². The molecule has 0 aliphatic carbocycles. The zero-order chi connectivity index (χ0) is 24.3. The Morgan fingerprint density at radius 3 is 2.41 bits per heavy atom. The molecule has 1 heterocycles. The molecule has 1 aliphatic heterocycles. The van der Waals surface area contributed by atoms with E-state index in [4.69, 9.17) is 4.74 Å². The summed E-state index contributed by atoms with van der Waals surface area (Å²) in [5.41, 5.74) is 2.39. The molecular formula is C25H28N2O5S2. The molecule has 3 aromatic rings. The molecule has 0 amide bonds. The summed E-state index contributed by atoms with van der Waals surface area (Å²) in [5.74, 6) is 0.649. The van der Waals surface area contributed by atoms with Gasteiger partial charge in [-0.3, -0.25) is 9.03 Å². The number of nitrogens with one attached hydrogen (secondary N) is 1. The maximum absolute atomic E-state index is 13.3. The summed E-state index contributed by atoms with van der Waals surface area (Å²) < 4.78 is 62.3. The van der Waals surface area contributed by atoms with Crippen molar-refractivity contribution >= 4 is 31.4 Å². The van der Waals surface area contributed by atoms with Gasteiger partial charge >= 0.3 is 0 Å². The highest BCUT2D eigenvalue weighted by Gasteiger charge is 2.29. The lowest BCUT2D eigenvalue weighted by atomic mass is 10.0. The largest absolute Gasteiger partial charge is 0.493 e. The molecule has 0 saturated heterocycles. The van der Waals surface area contributed by atoms with Gasteiger partial charge in [-0.2, -0.15) is 0 Å². The van der Waals surface area contributed by atoms with Crippen LogP contribution in [0.3, 0.4) is 0 Å². The minimum atomic E-state index is -3.88. The van der Waals surface area contributed by atoms with E-state index in [0.717, 1.165) is 24.0 Å². The first-order valence-electron chi connectivity index (χ1n) is 11.2. The van der Waals surface area contributed by atoms with Gasteiger partial charge < -0.3 is 4.74 Å². The van der Waals surface area contributed by atoms with Gasteiger partial charge in [-0.1, -0.05) is 31.2 Å². The number of hydrogen-bond donors (Lipinski definition) is 1. The van der Waals surface area contributed by atoms with Crippen LogP contribution in [0.1, 0.15) is 30.9 Å². The fourth-order valence-electron chi connectivity index (χ4n) is 3.95. The van der Waals surface area contributed by atoms with Crippen LogP contribution < -0.4 is 13.8 Å². The van der Waals surface area contributed by atoms with Crippen LogP contribution in [0.5, 0.6) is 5.75 Å². The summed E-state index contributed by atoms with van der Waals surface area (Å²) in [4.78, 5) is 0.315. The van der Waals surface area contributed by atoms with Gasteiger partial charge in [0, 0.05) is 6.54 Å². The van der Waals surface area contributed by atoms with Crippen LogP contribution in [0.15, 0.2) is 76.5 Å². The van der Waals surface area contributed by atoms with Crippen LogP contribution in [0.4, 0.5) is 11.4 Å². The van der Waals surface area contributed by atoms with E-state index in [1.54, 1.807) is 67.6 Å². The Kier molecular flexibility index (Phi) is 6.86. The lowest BCUT2D eigenvalue weighted by molar-refractivity contribution is 0.315. The summed E-state index contributed by atoms with van der Waals surface area (Å²) in [5, 5.41) is 0. The highest BCUT2D eigenvalue weighted by atomic mass is 32.2. The molecule has 1 aliphatic rings. The third-order valence-electron chi connectivity index (χ3n) is 5.66. The van der Waals surface area contributed by atoms with Gasteiger partial charge in [0.25, 0.3) is 20.0 Å². The fraction of sp³-hybridized carbons (Fsp3) is 0.280. The van der Waals surface area contributed by atoms with E-state index in [-0.39, 0.29) is 9.79 Å². The number of ether oxygens (including phenoxy) is 1. The van der Waals surface area contributed by atoms with E-state index >= 15 is 0 Å². The van der Waals surface area contributed by atoms with Crippen LogP contribution in [0, 0.1) is 6.92 Å². The molecule has 0 spiro atoms. The molecule has 4 rings (SSSR count). The number of aryl methyl sites for hydroxylation is 2. The first kappa shape index (κ1) is 24.1. The Bertz CT molecular complexity index is 1390. The van der Waals surface area contributed by atoms with Gasteiger partial charge in [-0.15, -0.1) is 0 Å². The molecule has 0 saturated carbocycles. The summed E-state index contributed by atoms with van der Waals surface area (Å²) in [7, 11) is -7.64. The predicted molar refractivity (Wildman–Crippen MR) is 134 cm³/mol. The SMILES string of the molecule is CCCOc1ccc(S(=O)(=O)Nc2ccc3c(c2)N(S(=O)(=O)c2ccccc2)CCC3)cc1C. The highest BCUT2D eigenvalue weighted by Crippen LogP contribution is 2.35. The predicted octanol–water partition coefficient (Wildman–Crippen LogP) is 4.73. The van der Waals surface area contributed by atoms with Crippen LogP contribution in [-0.4, -0.2) is 30.0 Å². The van der Waals surface area contributed by atoms with Crippen molar-refractivity contribution in [3.05, 3.63) is 77.9 Å². The Balaban J connectivity index is 1.64. The molecule has 1 N–H and O–H groups in total. The smallest absolute Gasteiger partial charge is 0.264 e. The minimum absolute atomic E-state index is 0.111. The van der Waals surface area contributed by atoms with E-state index in [2.05, 4.69) is 4.72 Å². The molecule has 34 heavy (non-hydrogen) atoms. The van der Waals surface area contributed by atoms with Crippen molar-refractivity contribution in [2.45, 2.75) is 42.9 Å². The number of sulfonamides is 2. The second-order valence-corrected chi connectivity index (χ2v) is 11.8. The number of benzene rings is 3. The lowest BCUT2D eigenvalue weighted by Crippen LogP contribution is -2.35. The van der Waals surface area contributed by atoms with Crippen molar-refractivity contribution in [3.8, 4) is 5.75 Å². The summed E-state index contributed by atoms with van der Waals surface area (Å²) >= 11 is 0. The number of fused-ring (bicyclic) bond motifs is 1. The molecule has 0 atom stereocenters. The topological polar surface area (TPSA) is 92.8 Å². The first-order valence-corrected chi connectivity index (χ1v) is 14.1. The monoisotopic (exact) mass is 500 g/mol. The van der Waals surface area contributed by atoms with Crippen LogP contribution in [0.2, 0.25) is 0 Å². The molecule has 9 heteroatoms. The number of hydrogen-bond acceptors (Lipinski definition) is 5. The number of nitrogens with zero attached hydrogens (tertiary/aromatic N) is 1. The summed E-state index contributed by atoms with van der Waals surface area (Å²) in [6, 6.07) is 18.0. The minimum Gasteiger partial charge on any atom is -0.493 e. The van der Waals surface area contributed by atoms with Crippen molar-refractivity contribution in [1.82, 2.24) is 0 Å². The Morgan fingerprint density at radius 2 is 1.71 bits per heavy atom. The molecule has 0 unspecified atom stereocenters. The van der Waals surface area contributed by atoms with E-state index < -0.39 is 20.0 Å². The highest BCUT2D eigenvalue weighted by molar-refractivity contribution is 7.93. The quantitative estimate of drug-likeness (QED) is 0.483. The van der Waals surface area contributed by atoms with Crippen molar-refractivity contribution in [1.29, 1.82) is 0 Å². The van der Waals surface area contributed by atoms with Crippen LogP contribution >= 0.6 is 0 Å². The van der Waals surface area contributed by atoms with E-state index in [1.165, 1.54) is 10.4 Å². The Morgan fingerprint density at radius 1 is 0.941 bits per heavy atom. The molecular weight excluding hydrogens is 472 g/mol. The maximum Gasteiger partial charge on any atom is 0.264 e. The standard InChI is InChI=1S/C25H28N2O5S2/c1-3-16-32-25-14-13-23(17-19(25)2)33(28,29)26-21-12-11-20-8-7-15-27(24(20)18-21)34(30,31)22-9-5-4-6-10-22/h4-6,9-14,17-18,26H,3,7-8,15-16H2,1-2H3. The number of anilines is 2. The van der Waals surface area contributed by atoms with E-state index in [9.17, 15) is 16.8 Å². The van der Waals surface area contributed by atoms with Crippen molar-refractivity contribution < 1.29 is 21.6 Å².